The lowest BCUT2D eigenvalue weighted by Gasteiger charge is -2.00. The van der Waals surface area contributed by atoms with E-state index in [-0.39, 0.29) is 0 Å². The molecule has 13 heavy (non-hydrogen) atoms. The number of rotatable bonds is 1. The number of aryl methyl sites for hydroxylation is 1. The molecule has 1 aliphatic rings. The standard InChI is InChI=1S/C13H14/c1-3-5-12-10(2)8-9-11-6-4-7-13(11)12/h3,5-9H,4H2,1-2H3/b5-3-. The third-order valence-electron chi connectivity index (χ3n) is 2.53. The molecule has 0 radical (unpaired) electrons. The maximum absolute atomic E-state index is 2.30. The molecular formula is C13H14. The molecule has 0 atom stereocenters. The van der Waals surface area contributed by atoms with Crippen molar-refractivity contribution in [1.82, 2.24) is 0 Å². The van der Waals surface area contributed by atoms with Gasteiger partial charge in [-0.05, 0) is 41.8 Å². The summed E-state index contributed by atoms with van der Waals surface area (Å²) >= 11 is 0. The molecule has 0 fully saturated rings. The van der Waals surface area contributed by atoms with Gasteiger partial charge in [0.2, 0.25) is 0 Å². The molecule has 1 aromatic rings. The van der Waals surface area contributed by atoms with Crippen LogP contribution in [-0.2, 0) is 0 Å². The van der Waals surface area contributed by atoms with Gasteiger partial charge in [-0.15, -0.1) is 0 Å². The minimum atomic E-state index is 1.09. The van der Waals surface area contributed by atoms with E-state index < -0.39 is 0 Å². The summed E-state index contributed by atoms with van der Waals surface area (Å²) in [5.74, 6) is 0. The highest BCUT2D eigenvalue weighted by Crippen LogP contribution is 2.04. The van der Waals surface area contributed by atoms with Crippen LogP contribution in [-0.4, -0.2) is 0 Å². The lowest BCUT2D eigenvalue weighted by atomic mass is 10.0. The van der Waals surface area contributed by atoms with E-state index in [1.807, 2.05) is 0 Å². The van der Waals surface area contributed by atoms with Gasteiger partial charge in [-0.3, -0.25) is 0 Å². The number of fused-ring (bicyclic) bond motifs is 1. The van der Waals surface area contributed by atoms with E-state index in [9.17, 15) is 0 Å². The van der Waals surface area contributed by atoms with E-state index in [1.165, 1.54) is 21.6 Å². The van der Waals surface area contributed by atoms with Gasteiger partial charge >= 0.3 is 0 Å². The molecule has 2 rings (SSSR count). The highest BCUT2D eigenvalue weighted by molar-refractivity contribution is 5.60. The second-order valence-electron chi connectivity index (χ2n) is 3.44. The molecule has 0 N–H and O–H groups in total. The first-order valence-electron chi connectivity index (χ1n) is 4.75. The average molecular weight is 170 g/mol. The second kappa shape index (κ2) is 3.21. The molecule has 0 unspecified atom stereocenters. The zero-order valence-electron chi connectivity index (χ0n) is 8.17. The fraction of sp³-hybridized carbons (Fsp3) is 0.231. The Bertz CT molecular complexity index is 462. The smallest absolute Gasteiger partial charge is 0.0149 e. The van der Waals surface area contributed by atoms with Gasteiger partial charge in [0.25, 0.3) is 0 Å². The van der Waals surface area contributed by atoms with Crippen molar-refractivity contribution in [2.45, 2.75) is 20.3 Å². The van der Waals surface area contributed by atoms with E-state index in [4.69, 9.17) is 0 Å². The first-order chi connectivity index (χ1) is 6.33. The normalized spacial score (nSPS) is 14.0. The van der Waals surface area contributed by atoms with Crippen LogP contribution in [0.2, 0.25) is 0 Å². The van der Waals surface area contributed by atoms with Crippen molar-refractivity contribution < 1.29 is 0 Å². The Labute approximate surface area is 78.9 Å². The summed E-state index contributed by atoms with van der Waals surface area (Å²) in [4.78, 5) is 0. The number of benzene rings is 1. The second-order valence-corrected chi connectivity index (χ2v) is 3.44. The summed E-state index contributed by atoms with van der Waals surface area (Å²) in [5, 5.41) is 2.80. The quantitative estimate of drug-likeness (QED) is 0.604. The Hall–Kier alpha value is -1.30. The summed E-state index contributed by atoms with van der Waals surface area (Å²) < 4.78 is 0. The topological polar surface area (TPSA) is 0 Å². The monoisotopic (exact) mass is 170 g/mol. The molecule has 0 aromatic heterocycles. The predicted octanol–water partition coefficient (Wildman–Crippen LogP) is 1.99. The first-order valence-corrected chi connectivity index (χ1v) is 4.75. The SMILES string of the molecule is C/C=C\c1c(C)ccc2c1=CCC=2. The molecule has 0 spiro atoms. The zero-order valence-corrected chi connectivity index (χ0v) is 8.17. The molecule has 1 aliphatic carbocycles. The minimum absolute atomic E-state index is 1.09. The maximum atomic E-state index is 2.30. The van der Waals surface area contributed by atoms with E-state index in [0.29, 0.717) is 0 Å². The number of hydrogen-bond acceptors (Lipinski definition) is 0. The summed E-state index contributed by atoms with van der Waals surface area (Å²) in [6.07, 6.45) is 9.97. The lowest BCUT2D eigenvalue weighted by molar-refractivity contribution is 1.38. The van der Waals surface area contributed by atoms with Gasteiger partial charge in [0.05, 0.1) is 0 Å². The molecule has 0 heterocycles. The zero-order chi connectivity index (χ0) is 9.26. The highest BCUT2D eigenvalue weighted by Gasteiger charge is 2.00. The Morgan fingerprint density at radius 3 is 2.85 bits per heavy atom. The Morgan fingerprint density at radius 2 is 2.08 bits per heavy atom. The van der Waals surface area contributed by atoms with Crippen molar-refractivity contribution in [1.29, 1.82) is 0 Å². The van der Waals surface area contributed by atoms with Crippen molar-refractivity contribution in [2.24, 2.45) is 0 Å². The van der Waals surface area contributed by atoms with Crippen molar-refractivity contribution >= 4 is 18.2 Å². The summed E-state index contributed by atoms with van der Waals surface area (Å²) in [7, 11) is 0. The molecular weight excluding hydrogens is 156 g/mol. The fourth-order valence-corrected chi connectivity index (χ4v) is 1.86. The molecule has 0 amide bonds. The third kappa shape index (κ3) is 1.33. The third-order valence-corrected chi connectivity index (χ3v) is 2.53. The first kappa shape index (κ1) is 8.31. The van der Waals surface area contributed by atoms with Crippen LogP contribution in [0, 0.1) is 6.92 Å². The Morgan fingerprint density at radius 1 is 1.23 bits per heavy atom. The van der Waals surface area contributed by atoms with Gasteiger partial charge < -0.3 is 0 Å². The van der Waals surface area contributed by atoms with Crippen LogP contribution in [0.15, 0.2) is 18.2 Å². The van der Waals surface area contributed by atoms with E-state index in [0.717, 1.165) is 6.42 Å². The van der Waals surface area contributed by atoms with E-state index in [2.05, 4.69) is 50.3 Å². The van der Waals surface area contributed by atoms with Crippen LogP contribution in [0.4, 0.5) is 0 Å². The molecule has 1 aromatic carbocycles. The molecule has 0 saturated carbocycles. The van der Waals surface area contributed by atoms with Gasteiger partial charge in [0, 0.05) is 0 Å². The number of allylic oxidation sites excluding steroid dienone is 1. The maximum Gasteiger partial charge on any atom is -0.0149 e. The summed E-state index contributed by atoms with van der Waals surface area (Å²) in [6.45, 7) is 4.24. The summed E-state index contributed by atoms with van der Waals surface area (Å²) in [5.41, 5.74) is 2.75. The van der Waals surface area contributed by atoms with E-state index in [1.54, 1.807) is 0 Å². The van der Waals surface area contributed by atoms with Crippen molar-refractivity contribution in [3.8, 4) is 0 Å². The Balaban J connectivity index is 2.82. The van der Waals surface area contributed by atoms with Crippen LogP contribution < -0.4 is 10.4 Å². The molecule has 0 heteroatoms. The summed E-state index contributed by atoms with van der Waals surface area (Å²) in [6, 6.07) is 4.41. The van der Waals surface area contributed by atoms with Gasteiger partial charge in [-0.25, -0.2) is 0 Å². The van der Waals surface area contributed by atoms with Gasteiger partial charge in [0.1, 0.15) is 0 Å². The minimum Gasteiger partial charge on any atom is -0.0870 e. The van der Waals surface area contributed by atoms with Crippen LogP contribution in [0.3, 0.4) is 0 Å². The van der Waals surface area contributed by atoms with Crippen LogP contribution in [0.5, 0.6) is 0 Å². The fourth-order valence-electron chi connectivity index (χ4n) is 1.86. The van der Waals surface area contributed by atoms with Gasteiger partial charge in [-0.2, -0.15) is 0 Å². The van der Waals surface area contributed by atoms with Crippen LogP contribution in [0.25, 0.3) is 18.2 Å². The molecule has 0 nitrogen and oxygen atoms in total. The van der Waals surface area contributed by atoms with Crippen molar-refractivity contribution in [3.63, 3.8) is 0 Å². The van der Waals surface area contributed by atoms with Gasteiger partial charge in [-0.1, -0.05) is 36.4 Å². The molecule has 66 valence electrons. The molecule has 0 aliphatic heterocycles. The van der Waals surface area contributed by atoms with Crippen molar-refractivity contribution in [2.75, 3.05) is 0 Å². The van der Waals surface area contributed by atoms with Crippen LogP contribution in [0.1, 0.15) is 24.5 Å². The van der Waals surface area contributed by atoms with Crippen molar-refractivity contribution in [3.05, 3.63) is 39.8 Å². The average Bonchev–Trinajstić information content (AvgIpc) is 2.58. The Kier molecular flexibility index (Phi) is 2.05. The largest absolute Gasteiger partial charge is 0.0870 e. The van der Waals surface area contributed by atoms with Gasteiger partial charge in [0.15, 0.2) is 0 Å². The van der Waals surface area contributed by atoms with Crippen LogP contribution >= 0.6 is 0 Å². The molecule has 0 saturated heterocycles. The highest BCUT2D eigenvalue weighted by atomic mass is 14.0. The van der Waals surface area contributed by atoms with E-state index >= 15 is 0 Å². The molecule has 0 bridgehead atoms. The predicted molar refractivity (Wildman–Crippen MR) is 58.7 cm³/mol. The number of hydrogen-bond donors (Lipinski definition) is 0. The lowest BCUT2D eigenvalue weighted by Crippen LogP contribution is -2.24.